The first-order valence-corrected chi connectivity index (χ1v) is 8.05. The van der Waals surface area contributed by atoms with Crippen LogP contribution in [0.4, 0.5) is 11.4 Å². The van der Waals surface area contributed by atoms with Gasteiger partial charge in [0.05, 0.1) is 11.1 Å². The van der Waals surface area contributed by atoms with Crippen LogP contribution in [0, 0.1) is 0 Å². The maximum Gasteiger partial charge on any atom is 0.145 e. The van der Waals surface area contributed by atoms with Crippen molar-refractivity contribution in [1.82, 2.24) is 0 Å². The third kappa shape index (κ3) is 1.97. The third-order valence-electron chi connectivity index (χ3n) is 4.42. The maximum absolute atomic E-state index is 6.20. The zero-order chi connectivity index (χ0) is 15.9. The first kappa shape index (κ1) is 13.2. The highest BCUT2D eigenvalue weighted by molar-refractivity contribution is 6.20. The van der Waals surface area contributed by atoms with Gasteiger partial charge < -0.3 is 9.73 Å². The van der Waals surface area contributed by atoms with E-state index in [0.29, 0.717) is 0 Å². The topological polar surface area (TPSA) is 25.2 Å². The molecule has 5 rings (SSSR count). The van der Waals surface area contributed by atoms with E-state index in [-0.39, 0.29) is 0 Å². The fourth-order valence-corrected chi connectivity index (χ4v) is 3.34. The molecule has 2 heteroatoms. The number of rotatable bonds is 2. The summed E-state index contributed by atoms with van der Waals surface area (Å²) < 4.78 is 6.20. The zero-order valence-electron chi connectivity index (χ0n) is 13.0. The van der Waals surface area contributed by atoms with Gasteiger partial charge in [0.15, 0.2) is 0 Å². The van der Waals surface area contributed by atoms with Crippen molar-refractivity contribution in [1.29, 1.82) is 0 Å². The number of fused-ring (bicyclic) bond motifs is 5. The van der Waals surface area contributed by atoms with Crippen LogP contribution in [0.1, 0.15) is 0 Å². The molecule has 4 aromatic carbocycles. The molecule has 0 unspecified atom stereocenters. The molecule has 0 spiro atoms. The molecule has 24 heavy (non-hydrogen) atoms. The van der Waals surface area contributed by atoms with Gasteiger partial charge in [0.1, 0.15) is 11.2 Å². The van der Waals surface area contributed by atoms with Crippen molar-refractivity contribution in [3.05, 3.63) is 84.9 Å². The molecule has 0 saturated carbocycles. The van der Waals surface area contributed by atoms with Gasteiger partial charge in [0, 0.05) is 16.5 Å². The Hall–Kier alpha value is -3.26. The van der Waals surface area contributed by atoms with Crippen LogP contribution < -0.4 is 5.32 Å². The summed E-state index contributed by atoms with van der Waals surface area (Å²) in [5.74, 6) is 0. The van der Waals surface area contributed by atoms with Crippen LogP contribution in [0.2, 0.25) is 0 Å². The van der Waals surface area contributed by atoms with Crippen molar-refractivity contribution >= 4 is 44.1 Å². The molecule has 2 nitrogen and oxygen atoms in total. The lowest BCUT2D eigenvalue weighted by Crippen LogP contribution is -1.91. The molecule has 0 amide bonds. The summed E-state index contributed by atoms with van der Waals surface area (Å²) >= 11 is 0. The Morgan fingerprint density at radius 1 is 0.667 bits per heavy atom. The van der Waals surface area contributed by atoms with Crippen LogP contribution in [0.5, 0.6) is 0 Å². The second kappa shape index (κ2) is 5.14. The van der Waals surface area contributed by atoms with Gasteiger partial charge in [-0.3, -0.25) is 0 Å². The summed E-state index contributed by atoms with van der Waals surface area (Å²) in [6.45, 7) is 0. The van der Waals surface area contributed by atoms with Crippen LogP contribution in [0.25, 0.3) is 32.7 Å². The van der Waals surface area contributed by atoms with E-state index in [1.165, 1.54) is 5.39 Å². The van der Waals surface area contributed by atoms with Crippen LogP contribution >= 0.6 is 0 Å². The number of hydrogen-bond acceptors (Lipinski definition) is 2. The molecule has 1 N–H and O–H groups in total. The zero-order valence-corrected chi connectivity index (χ0v) is 13.0. The molecule has 1 aromatic heterocycles. The molecule has 5 aromatic rings. The van der Waals surface area contributed by atoms with E-state index < -0.39 is 0 Å². The van der Waals surface area contributed by atoms with Gasteiger partial charge in [-0.05, 0) is 29.7 Å². The highest BCUT2D eigenvalue weighted by atomic mass is 16.3. The van der Waals surface area contributed by atoms with Gasteiger partial charge >= 0.3 is 0 Å². The van der Waals surface area contributed by atoms with Gasteiger partial charge in [-0.15, -0.1) is 0 Å². The molecule has 114 valence electrons. The van der Waals surface area contributed by atoms with E-state index in [4.69, 9.17) is 4.42 Å². The molecule has 0 aliphatic rings. The standard InChI is InChI=1S/C22H15NO/c1-2-9-16(10-3-1)23-19-14-15-8-4-5-11-17(15)22-21(19)18-12-6-7-13-20(18)24-22/h1-14,23H. The van der Waals surface area contributed by atoms with Crippen molar-refractivity contribution in [3.63, 3.8) is 0 Å². The highest BCUT2D eigenvalue weighted by Gasteiger charge is 2.14. The molecular weight excluding hydrogens is 294 g/mol. The number of anilines is 2. The van der Waals surface area contributed by atoms with E-state index in [0.717, 1.165) is 38.7 Å². The van der Waals surface area contributed by atoms with Crippen LogP contribution in [0.15, 0.2) is 89.3 Å². The summed E-state index contributed by atoms with van der Waals surface area (Å²) in [5.41, 5.74) is 3.99. The second-order valence-corrected chi connectivity index (χ2v) is 5.94. The molecule has 0 atom stereocenters. The van der Waals surface area contributed by atoms with Crippen LogP contribution in [0.3, 0.4) is 0 Å². The molecule has 0 aliphatic heterocycles. The largest absolute Gasteiger partial charge is 0.455 e. The number of hydrogen-bond donors (Lipinski definition) is 1. The van der Waals surface area contributed by atoms with E-state index in [1.807, 2.05) is 30.3 Å². The molecule has 0 saturated heterocycles. The lowest BCUT2D eigenvalue weighted by Gasteiger charge is -2.10. The van der Waals surface area contributed by atoms with E-state index in [2.05, 4.69) is 59.9 Å². The minimum absolute atomic E-state index is 0.917. The van der Waals surface area contributed by atoms with Gasteiger partial charge in [0.2, 0.25) is 0 Å². The average Bonchev–Trinajstić information content (AvgIpc) is 3.03. The Kier molecular flexibility index (Phi) is 2.83. The van der Waals surface area contributed by atoms with Crippen molar-refractivity contribution in [3.8, 4) is 0 Å². The minimum atomic E-state index is 0.917. The minimum Gasteiger partial charge on any atom is -0.455 e. The number of nitrogens with one attached hydrogen (secondary N) is 1. The lowest BCUT2D eigenvalue weighted by atomic mass is 10.0. The van der Waals surface area contributed by atoms with Crippen molar-refractivity contribution in [2.75, 3.05) is 5.32 Å². The molecule has 0 radical (unpaired) electrons. The Balaban J connectivity index is 1.89. The quantitative estimate of drug-likeness (QED) is 0.403. The van der Waals surface area contributed by atoms with Crippen molar-refractivity contribution in [2.45, 2.75) is 0 Å². The molecule has 1 heterocycles. The molecule has 0 bridgehead atoms. The predicted octanol–water partition coefficient (Wildman–Crippen LogP) is 6.48. The monoisotopic (exact) mass is 309 g/mol. The number of para-hydroxylation sites is 2. The summed E-state index contributed by atoms with van der Waals surface area (Å²) in [7, 11) is 0. The van der Waals surface area contributed by atoms with Gasteiger partial charge in [-0.2, -0.15) is 0 Å². The third-order valence-corrected chi connectivity index (χ3v) is 4.42. The van der Waals surface area contributed by atoms with Gasteiger partial charge in [-0.1, -0.05) is 60.7 Å². The van der Waals surface area contributed by atoms with Gasteiger partial charge in [0.25, 0.3) is 0 Å². The number of benzene rings is 4. The van der Waals surface area contributed by atoms with Crippen molar-refractivity contribution in [2.24, 2.45) is 0 Å². The SMILES string of the molecule is c1ccc(Nc2cc3ccccc3c3oc4ccccc4c23)cc1. The van der Waals surface area contributed by atoms with E-state index in [9.17, 15) is 0 Å². The van der Waals surface area contributed by atoms with Crippen molar-refractivity contribution < 1.29 is 4.42 Å². The normalized spacial score (nSPS) is 11.3. The van der Waals surface area contributed by atoms with Crippen LogP contribution in [-0.2, 0) is 0 Å². The first-order chi connectivity index (χ1) is 11.9. The first-order valence-electron chi connectivity index (χ1n) is 8.05. The summed E-state index contributed by atoms with van der Waals surface area (Å²) in [6, 6.07) is 29.0. The predicted molar refractivity (Wildman–Crippen MR) is 101 cm³/mol. The van der Waals surface area contributed by atoms with E-state index >= 15 is 0 Å². The molecule has 0 fully saturated rings. The lowest BCUT2D eigenvalue weighted by molar-refractivity contribution is 0.673. The summed E-state index contributed by atoms with van der Waals surface area (Å²) in [5, 5.41) is 8.14. The Labute approximate surface area is 139 Å². The number of furan rings is 1. The average molecular weight is 309 g/mol. The Bertz CT molecular complexity index is 1170. The fraction of sp³-hybridized carbons (Fsp3) is 0. The second-order valence-electron chi connectivity index (χ2n) is 5.94. The highest BCUT2D eigenvalue weighted by Crippen LogP contribution is 2.40. The maximum atomic E-state index is 6.20. The molecule has 0 aliphatic carbocycles. The Morgan fingerprint density at radius 3 is 2.25 bits per heavy atom. The summed E-state index contributed by atoms with van der Waals surface area (Å²) in [4.78, 5) is 0. The van der Waals surface area contributed by atoms with Gasteiger partial charge in [-0.25, -0.2) is 0 Å². The van der Waals surface area contributed by atoms with Crippen LogP contribution in [-0.4, -0.2) is 0 Å². The van der Waals surface area contributed by atoms with E-state index in [1.54, 1.807) is 0 Å². The smallest absolute Gasteiger partial charge is 0.145 e. The fourth-order valence-electron chi connectivity index (χ4n) is 3.34. The molecular formula is C22H15NO. The summed E-state index contributed by atoms with van der Waals surface area (Å²) in [6.07, 6.45) is 0. The Morgan fingerprint density at radius 2 is 1.38 bits per heavy atom.